The molecule has 284 valence electrons. The van der Waals surface area contributed by atoms with E-state index in [1.807, 2.05) is 44.2 Å². The van der Waals surface area contributed by atoms with Crippen LogP contribution in [0, 0.1) is 34.5 Å². The number of carbonyl (C=O) groups is 6. The van der Waals surface area contributed by atoms with E-state index in [1.165, 1.54) is 4.90 Å². The van der Waals surface area contributed by atoms with Gasteiger partial charge >= 0.3 is 12.0 Å². The Bertz CT molecular complexity index is 1560. The Morgan fingerprint density at radius 3 is 2.08 bits per heavy atom. The Hall–Kier alpha value is -4.48. The minimum absolute atomic E-state index is 0.0880. The molecule has 2 unspecified atom stereocenters. The number of ether oxygens (including phenoxy) is 1. The molecule has 5 amide bonds. The molecule has 1 heterocycles. The predicted molar refractivity (Wildman–Crippen MR) is 197 cm³/mol. The summed E-state index contributed by atoms with van der Waals surface area (Å²) in [4.78, 5) is 81.9. The van der Waals surface area contributed by atoms with Gasteiger partial charge in [-0.1, -0.05) is 104 Å². The molecule has 12 heteroatoms. The Morgan fingerprint density at radius 1 is 0.962 bits per heavy atom. The van der Waals surface area contributed by atoms with Gasteiger partial charge in [0.05, 0.1) is 6.04 Å². The van der Waals surface area contributed by atoms with Gasteiger partial charge in [-0.15, -0.1) is 6.58 Å². The number of likely N-dealkylation sites (tertiary alicyclic amines) is 1. The molecule has 0 spiro atoms. The van der Waals surface area contributed by atoms with Crippen molar-refractivity contribution in [1.82, 2.24) is 20.9 Å². The van der Waals surface area contributed by atoms with Gasteiger partial charge in [0, 0.05) is 18.4 Å². The second-order valence-corrected chi connectivity index (χ2v) is 16.8. The van der Waals surface area contributed by atoms with Gasteiger partial charge < -0.3 is 31.3 Å². The molecule has 5 N–H and O–H groups in total. The second kappa shape index (κ2) is 16.0. The number of hydrogen-bond acceptors (Lipinski definition) is 7. The number of nitrogens with zero attached hydrogens (tertiary/aromatic N) is 1. The van der Waals surface area contributed by atoms with Crippen molar-refractivity contribution < 1.29 is 33.5 Å². The molecule has 0 aromatic heterocycles. The molecule has 1 aromatic rings. The summed E-state index contributed by atoms with van der Waals surface area (Å²) in [7, 11) is 0. The number of amides is 5. The Labute approximate surface area is 307 Å². The monoisotopic (exact) mass is 719 g/mol. The number of ketones is 1. The molecular formula is C40H57N5O7. The molecule has 1 saturated heterocycles. The van der Waals surface area contributed by atoms with Gasteiger partial charge in [0.15, 0.2) is 0 Å². The molecule has 52 heavy (non-hydrogen) atoms. The molecule has 4 rings (SSSR count). The minimum atomic E-state index is -1.20. The van der Waals surface area contributed by atoms with Crippen molar-refractivity contribution in [1.29, 1.82) is 0 Å². The third-order valence-electron chi connectivity index (χ3n) is 10.6. The number of hydrogen-bond donors (Lipinski definition) is 4. The van der Waals surface area contributed by atoms with Crippen molar-refractivity contribution in [2.75, 3.05) is 6.54 Å². The van der Waals surface area contributed by atoms with Crippen LogP contribution in [0.25, 0.3) is 0 Å². The fraction of sp³-hybridized carbons (Fsp3) is 0.600. The highest BCUT2D eigenvalue weighted by atomic mass is 16.5. The minimum Gasteiger partial charge on any atom is -0.456 e. The summed E-state index contributed by atoms with van der Waals surface area (Å²) in [6.45, 7) is 21.1. The zero-order valence-corrected chi connectivity index (χ0v) is 31.7. The van der Waals surface area contributed by atoms with Gasteiger partial charge in [-0.05, 0) is 53.1 Å². The van der Waals surface area contributed by atoms with Crippen LogP contribution < -0.4 is 21.7 Å². The SMILES string of the molecule is C=CC(C)(C)[C@H]1CN(C(=O)[C@@H](NC(=O)N[C@H](C(=O)OC(c2ccccc2)C2CC2)C(C)C)C(C)(C)C)[C@H](C(=O)NC(CC2CC2)C(=O)C(N)=O)C1=C. The van der Waals surface area contributed by atoms with Crippen molar-refractivity contribution in [3.63, 3.8) is 0 Å². The summed E-state index contributed by atoms with van der Waals surface area (Å²) >= 11 is 0. The number of allylic oxidation sites excluding steroid dienone is 1. The van der Waals surface area contributed by atoms with Gasteiger partial charge in [0.1, 0.15) is 24.2 Å². The standard InChI is InChI=1S/C40H57N5O7/c1-10-40(8,9)27-21-45(30(23(27)4)35(48)42-28(20-24-16-17-24)31(46)34(41)47)36(49)33(39(5,6)7)44-38(51)43-29(22(2)3)37(50)52-32(26-18-19-26)25-14-12-11-13-15-25/h10-15,22,24,26-30,32-33H,1,4,16-21H2,2-3,5-9H3,(H2,41,47)(H,42,48)(H2,43,44,51)/t27-,28?,29-,30-,32?,33+/m0/s1. The third-order valence-corrected chi connectivity index (χ3v) is 10.6. The number of nitrogens with one attached hydrogen (secondary N) is 3. The van der Waals surface area contributed by atoms with Crippen LogP contribution in [0.4, 0.5) is 4.79 Å². The molecule has 2 saturated carbocycles. The normalized spacial score (nSPS) is 21.4. The number of rotatable bonds is 16. The molecule has 3 aliphatic rings. The largest absolute Gasteiger partial charge is 0.456 e. The number of urea groups is 1. The molecule has 1 aromatic carbocycles. The van der Waals surface area contributed by atoms with Gasteiger partial charge in [0.25, 0.3) is 5.91 Å². The summed E-state index contributed by atoms with van der Waals surface area (Å²) in [5.41, 5.74) is 5.23. The van der Waals surface area contributed by atoms with Crippen LogP contribution in [0.3, 0.4) is 0 Å². The Kier molecular flexibility index (Phi) is 12.4. The fourth-order valence-corrected chi connectivity index (χ4v) is 6.84. The van der Waals surface area contributed by atoms with E-state index in [-0.39, 0.29) is 30.7 Å². The average Bonchev–Trinajstić information content (AvgIpc) is 4.02. The lowest BCUT2D eigenvalue weighted by Gasteiger charge is -2.36. The van der Waals surface area contributed by atoms with Crippen LogP contribution in [0.1, 0.15) is 92.2 Å². The van der Waals surface area contributed by atoms with E-state index in [1.54, 1.807) is 40.7 Å². The number of Topliss-reactive ketones (excluding diaryl/α,β-unsaturated/α-hetero) is 1. The van der Waals surface area contributed by atoms with Gasteiger partial charge in [-0.25, -0.2) is 9.59 Å². The average molecular weight is 720 g/mol. The van der Waals surface area contributed by atoms with Crippen LogP contribution in [0.5, 0.6) is 0 Å². The summed E-state index contributed by atoms with van der Waals surface area (Å²) in [5.74, 6) is -4.16. The highest BCUT2D eigenvalue weighted by Crippen LogP contribution is 2.44. The van der Waals surface area contributed by atoms with Crippen LogP contribution in [-0.4, -0.2) is 71.1 Å². The molecule has 0 bridgehead atoms. The molecule has 6 atom stereocenters. The van der Waals surface area contributed by atoms with E-state index in [4.69, 9.17) is 10.5 Å². The maximum Gasteiger partial charge on any atom is 0.329 e. The fourth-order valence-electron chi connectivity index (χ4n) is 6.84. The molecule has 0 radical (unpaired) electrons. The number of esters is 1. The van der Waals surface area contributed by atoms with E-state index < -0.39 is 82.5 Å². The first-order chi connectivity index (χ1) is 24.3. The van der Waals surface area contributed by atoms with E-state index in [0.29, 0.717) is 5.57 Å². The molecule has 3 fully saturated rings. The first kappa shape index (κ1) is 40.3. The summed E-state index contributed by atoms with van der Waals surface area (Å²) in [5, 5.41) is 8.25. The van der Waals surface area contributed by atoms with Crippen molar-refractivity contribution in [3.05, 3.63) is 60.7 Å². The van der Waals surface area contributed by atoms with E-state index in [9.17, 15) is 28.8 Å². The Morgan fingerprint density at radius 2 is 1.58 bits per heavy atom. The van der Waals surface area contributed by atoms with Crippen LogP contribution in [0.15, 0.2) is 55.1 Å². The summed E-state index contributed by atoms with van der Waals surface area (Å²) in [6.07, 6.45) is 5.21. The highest BCUT2D eigenvalue weighted by Gasteiger charge is 2.51. The zero-order chi connectivity index (χ0) is 38.7. The first-order valence-corrected chi connectivity index (χ1v) is 18.4. The maximum absolute atomic E-state index is 14.6. The third kappa shape index (κ3) is 9.68. The van der Waals surface area contributed by atoms with Crippen molar-refractivity contribution in [3.8, 4) is 0 Å². The van der Waals surface area contributed by atoms with Crippen molar-refractivity contribution in [2.24, 2.45) is 40.2 Å². The lowest BCUT2D eigenvalue weighted by molar-refractivity contribution is -0.154. The second-order valence-electron chi connectivity index (χ2n) is 16.8. The molecular weight excluding hydrogens is 662 g/mol. The topological polar surface area (TPSA) is 177 Å². The van der Waals surface area contributed by atoms with Gasteiger partial charge in [-0.2, -0.15) is 0 Å². The Balaban J connectivity index is 1.56. The number of carbonyl (C=O) groups excluding carboxylic acids is 6. The number of nitrogens with two attached hydrogens (primary N) is 1. The van der Waals surface area contributed by atoms with E-state index in [2.05, 4.69) is 29.1 Å². The maximum atomic E-state index is 14.6. The van der Waals surface area contributed by atoms with E-state index in [0.717, 1.165) is 31.2 Å². The lowest BCUT2D eigenvalue weighted by atomic mass is 9.75. The lowest BCUT2D eigenvalue weighted by Crippen LogP contribution is -2.61. The van der Waals surface area contributed by atoms with Gasteiger partial charge in [0.2, 0.25) is 17.6 Å². The number of primary amides is 1. The zero-order valence-electron chi connectivity index (χ0n) is 31.7. The molecule has 12 nitrogen and oxygen atoms in total. The highest BCUT2D eigenvalue weighted by molar-refractivity contribution is 6.37. The quantitative estimate of drug-likeness (QED) is 0.112. The smallest absolute Gasteiger partial charge is 0.329 e. The summed E-state index contributed by atoms with van der Waals surface area (Å²) < 4.78 is 6.01. The van der Waals surface area contributed by atoms with Crippen molar-refractivity contribution in [2.45, 2.75) is 111 Å². The number of benzene rings is 1. The van der Waals surface area contributed by atoms with Crippen LogP contribution in [0.2, 0.25) is 0 Å². The van der Waals surface area contributed by atoms with Crippen LogP contribution in [-0.2, 0) is 28.7 Å². The van der Waals surface area contributed by atoms with Crippen LogP contribution >= 0.6 is 0 Å². The molecule has 1 aliphatic heterocycles. The first-order valence-electron chi connectivity index (χ1n) is 18.4. The predicted octanol–water partition coefficient (Wildman–Crippen LogP) is 4.35. The molecule has 2 aliphatic carbocycles. The van der Waals surface area contributed by atoms with Gasteiger partial charge in [-0.3, -0.25) is 19.2 Å². The summed E-state index contributed by atoms with van der Waals surface area (Å²) in [6, 6.07) is 4.29. The van der Waals surface area contributed by atoms with Crippen molar-refractivity contribution >= 4 is 35.5 Å². The van der Waals surface area contributed by atoms with E-state index >= 15 is 0 Å².